The Morgan fingerprint density at radius 1 is 1.50 bits per heavy atom. The first-order valence-corrected chi connectivity index (χ1v) is 4.12. The van der Waals surface area contributed by atoms with Crippen LogP contribution in [-0.4, -0.2) is 17.5 Å². The molecule has 1 saturated carbocycles. The summed E-state index contributed by atoms with van der Waals surface area (Å²) in [6.07, 6.45) is -0.644. The Morgan fingerprint density at radius 2 is 2.17 bits per heavy atom. The Hall–Kier alpha value is -0.670. The zero-order valence-electron chi connectivity index (χ0n) is 6.67. The monoisotopic (exact) mass is 178 g/mol. The smallest absolute Gasteiger partial charge is 0.306 e. The van der Waals surface area contributed by atoms with Crippen LogP contribution in [0.15, 0.2) is 0 Å². The minimum atomic E-state index is -2.37. The molecule has 0 aliphatic heterocycles. The summed E-state index contributed by atoms with van der Waals surface area (Å²) in [5.41, 5.74) is 0. The highest BCUT2D eigenvalue weighted by atomic mass is 19.3. The summed E-state index contributed by atoms with van der Waals surface area (Å²) in [6.45, 7) is 0. The molecule has 1 N–H and O–H groups in total. The van der Waals surface area contributed by atoms with Gasteiger partial charge in [0.2, 0.25) is 6.43 Å². The Kier molecular flexibility index (Phi) is 3.00. The fraction of sp³-hybridized carbons (Fsp3) is 0.875. The molecule has 1 fully saturated rings. The number of halogens is 2. The van der Waals surface area contributed by atoms with Crippen molar-refractivity contribution >= 4 is 5.97 Å². The number of rotatable bonds is 3. The lowest BCUT2D eigenvalue weighted by Crippen LogP contribution is -2.20. The molecule has 0 aromatic carbocycles. The average molecular weight is 178 g/mol. The van der Waals surface area contributed by atoms with Crippen LogP contribution in [0.25, 0.3) is 0 Å². The summed E-state index contributed by atoms with van der Waals surface area (Å²) < 4.78 is 23.9. The van der Waals surface area contributed by atoms with Crippen molar-refractivity contribution in [1.29, 1.82) is 0 Å². The minimum Gasteiger partial charge on any atom is -0.481 e. The molecule has 0 radical (unpaired) electrons. The number of carboxylic acid groups (broad SMARTS) is 1. The van der Waals surface area contributed by atoms with Gasteiger partial charge in [-0.25, -0.2) is 8.78 Å². The summed E-state index contributed by atoms with van der Waals surface area (Å²) >= 11 is 0. The number of hydrogen-bond acceptors (Lipinski definition) is 1. The van der Waals surface area contributed by atoms with Crippen LogP contribution in [-0.2, 0) is 4.79 Å². The SMILES string of the molecule is O=C(O)C1CCCC1CC(F)F. The van der Waals surface area contributed by atoms with E-state index in [0.717, 1.165) is 6.42 Å². The molecule has 2 unspecified atom stereocenters. The molecule has 0 aromatic rings. The molecule has 4 heteroatoms. The molecule has 1 rings (SSSR count). The van der Waals surface area contributed by atoms with Crippen LogP contribution >= 0.6 is 0 Å². The van der Waals surface area contributed by atoms with Gasteiger partial charge >= 0.3 is 5.97 Å². The van der Waals surface area contributed by atoms with Crippen molar-refractivity contribution in [1.82, 2.24) is 0 Å². The van der Waals surface area contributed by atoms with Crippen molar-refractivity contribution in [2.45, 2.75) is 32.1 Å². The molecular weight excluding hydrogens is 166 g/mol. The summed E-state index contributed by atoms with van der Waals surface area (Å²) in [4.78, 5) is 10.5. The van der Waals surface area contributed by atoms with Gasteiger partial charge in [0.05, 0.1) is 5.92 Å². The zero-order valence-corrected chi connectivity index (χ0v) is 6.67. The summed E-state index contributed by atoms with van der Waals surface area (Å²) in [6, 6.07) is 0. The Balaban J connectivity index is 2.46. The van der Waals surface area contributed by atoms with E-state index in [1.54, 1.807) is 0 Å². The molecule has 2 nitrogen and oxygen atoms in total. The lowest BCUT2D eigenvalue weighted by molar-refractivity contribution is -0.143. The second-order valence-electron chi connectivity index (χ2n) is 3.26. The van der Waals surface area contributed by atoms with Crippen LogP contribution in [0.4, 0.5) is 8.78 Å². The number of carbonyl (C=O) groups is 1. The maximum absolute atomic E-state index is 11.9. The maximum Gasteiger partial charge on any atom is 0.306 e. The first-order valence-electron chi connectivity index (χ1n) is 4.12. The molecule has 1 aliphatic carbocycles. The van der Waals surface area contributed by atoms with Crippen molar-refractivity contribution < 1.29 is 18.7 Å². The van der Waals surface area contributed by atoms with Crippen LogP contribution in [0.1, 0.15) is 25.7 Å². The molecule has 70 valence electrons. The number of hydrogen-bond donors (Lipinski definition) is 1. The Labute approximate surface area is 69.6 Å². The number of alkyl halides is 2. The van der Waals surface area contributed by atoms with E-state index in [1.165, 1.54) is 0 Å². The van der Waals surface area contributed by atoms with E-state index >= 15 is 0 Å². The van der Waals surface area contributed by atoms with Crippen molar-refractivity contribution in [3.8, 4) is 0 Å². The van der Waals surface area contributed by atoms with Crippen molar-refractivity contribution in [3.63, 3.8) is 0 Å². The van der Waals surface area contributed by atoms with Crippen LogP contribution in [0.2, 0.25) is 0 Å². The summed E-state index contributed by atoms with van der Waals surface area (Å²) in [5, 5.41) is 8.65. The minimum absolute atomic E-state index is 0.253. The fourth-order valence-corrected chi connectivity index (χ4v) is 1.87. The van der Waals surface area contributed by atoms with Crippen molar-refractivity contribution in [2.75, 3.05) is 0 Å². The van der Waals surface area contributed by atoms with E-state index in [2.05, 4.69) is 0 Å². The number of aliphatic carboxylic acids is 1. The predicted octanol–water partition coefficient (Wildman–Crippen LogP) is 2.14. The quantitative estimate of drug-likeness (QED) is 0.718. The Bertz CT molecular complexity index is 170. The standard InChI is InChI=1S/C8H12F2O2/c9-7(10)4-5-2-1-3-6(5)8(11)12/h5-7H,1-4H2,(H,11,12). The van der Waals surface area contributed by atoms with Crippen molar-refractivity contribution in [3.05, 3.63) is 0 Å². The van der Waals surface area contributed by atoms with Gasteiger partial charge in [0.25, 0.3) is 0 Å². The maximum atomic E-state index is 11.9. The third-order valence-corrected chi connectivity index (χ3v) is 2.46. The van der Waals surface area contributed by atoms with Gasteiger partial charge in [-0.3, -0.25) is 4.79 Å². The van der Waals surface area contributed by atoms with E-state index in [9.17, 15) is 13.6 Å². The van der Waals surface area contributed by atoms with Gasteiger partial charge in [-0.1, -0.05) is 6.42 Å². The van der Waals surface area contributed by atoms with Crippen LogP contribution in [0.3, 0.4) is 0 Å². The van der Waals surface area contributed by atoms with Crippen molar-refractivity contribution in [2.24, 2.45) is 11.8 Å². The fourth-order valence-electron chi connectivity index (χ4n) is 1.87. The first kappa shape index (κ1) is 9.42. The van der Waals surface area contributed by atoms with Gasteiger partial charge in [-0.2, -0.15) is 0 Å². The van der Waals surface area contributed by atoms with E-state index in [-0.39, 0.29) is 12.3 Å². The molecule has 0 saturated heterocycles. The third-order valence-electron chi connectivity index (χ3n) is 2.46. The van der Waals surface area contributed by atoms with Gasteiger partial charge in [0.15, 0.2) is 0 Å². The van der Waals surface area contributed by atoms with Gasteiger partial charge in [-0.05, 0) is 18.8 Å². The molecule has 1 aliphatic rings. The molecule has 2 atom stereocenters. The van der Waals surface area contributed by atoms with Gasteiger partial charge in [0.1, 0.15) is 0 Å². The third kappa shape index (κ3) is 2.16. The lowest BCUT2D eigenvalue weighted by Gasteiger charge is -2.14. The van der Waals surface area contributed by atoms with Gasteiger partial charge < -0.3 is 5.11 Å². The van der Waals surface area contributed by atoms with E-state index in [1.807, 2.05) is 0 Å². The average Bonchev–Trinajstić information content (AvgIpc) is 2.33. The number of carboxylic acids is 1. The molecule has 0 heterocycles. The lowest BCUT2D eigenvalue weighted by atomic mass is 9.93. The normalized spacial score (nSPS) is 29.6. The van der Waals surface area contributed by atoms with Crippen LogP contribution < -0.4 is 0 Å². The molecule has 0 bridgehead atoms. The van der Waals surface area contributed by atoms with Gasteiger partial charge in [-0.15, -0.1) is 0 Å². The zero-order chi connectivity index (χ0) is 9.14. The van der Waals surface area contributed by atoms with Crippen LogP contribution in [0.5, 0.6) is 0 Å². The summed E-state index contributed by atoms with van der Waals surface area (Å²) in [7, 11) is 0. The van der Waals surface area contributed by atoms with E-state index in [0.29, 0.717) is 12.8 Å². The Morgan fingerprint density at radius 3 is 2.67 bits per heavy atom. The molecule has 0 spiro atoms. The van der Waals surface area contributed by atoms with Crippen LogP contribution in [0, 0.1) is 11.8 Å². The molecule has 0 amide bonds. The van der Waals surface area contributed by atoms with E-state index < -0.39 is 18.3 Å². The largest absolute Gasteiger partial charge is 0.481 e. The highest BCUT2D eigenvalue weighted by Gasteiger charge is 2.34. The molecule has 12 heavy (non-hydrogen) atoms. The predicted molar refractivity (Wildman–Crippen MR) is 39.1 cm³/mol. The second kappa shape index (κ2) is 3.83. The topological polar surface area (TPSA) is 37.3 Å². The molecule has 0 aromatic heterocycles. The van der Waals surface area contributed by atoms with E-state index in [4.69, 9.17) is 5.11 Å². The molecular formula is C8H12F2O2. The highest BCUT2D eigenvalue weighted by Crippen LogP contribution is 2.35. The van der Waals surface area contributed by atoms with Gasteiger partial charge in [0, 0.05) is 6.42 Å². The summed E-state index contributed by atoms with van der Waals surface area (Å²) in [5.74, 6) is -1.75. The first-order chi connectivity index (χ1) is 5.61. The second-order valence-corrected chi connectivity index (χ2v) is 3.26. The highest BCUT2D eigenvalue weighted by molar-refractivity contribution is 5.70.